The third-order valence-electron chi connectivity index (χ3n) is 4.37. The zero-order valence-corrected chi connectivity index (χ0v) is 13.4. The van der Waals surface area contributed by atoms with Crippen molar-refractivity contribution < 1.29 is 14.7 Å². The van der Waals surface area contributed by atoms with E-state index >= 15 is 0 Å². The number of hydrogen-bond donors (Lipinski definition) is 1. The minimum Gasteiger partial charge on any atom is -0.480 e. The van der Waals surface area contributed by atoms with Crippen molar-refractivity contribution in [2.75, 3.05) is 18.8 Å². The van der Waals surface area contributed by atoms with Gasteiger partial charge in [0.05, 0.1) is 5.37 Å². The maximum absolute atomic E-state index is 12.7. The minimum absolute atomic E-state index is 0.0326. The van der Waals surface area contributed by atoms with Gasteiger partial charge in [-0.15, -0.1) is 11.8 Å². The van der Waals surface area contributed by atoms with E-state index in [9.17, 15) is 14.7 Å². The summed E-state index contributed by atoms with van der Waals surface area (Å²) >= 11 is 1.58. The SMILES string of the molecule is CC(C)C1SCC(C(=O)O)N1C(=O)N1CC(C)C(C)C1. The van der Waals surface area contributed by atoms with Crippen LogP contribution in [0, 0.1) is 17.8 Å². The number of nitrogens with zero attached hydrogens (tertiary/aromatic N) is 2. The van der Waals surface area contributed by atoms with Gasteiger partial charge in [-0.2, -0.15) is 0 Å². The van der Waals surface area contributed by atoms with Crippen LogP contribution in [0.15, 0.2) is 0 Å². The van der Waals surface area contributed by atoms with Gasteiger partial charge >= 0.3 is 12.0 Å². The molecule has 5 nitrogen and oxygen atoms in total. The molecule has 0 aromatic heterocycles. The highest BCUT2D eigenvalue weighted by molar-refractivity contribution is 8.00. The predicted molar refractivity (Wildman–Crippen MR) is 79.6 cm³/mol. The Kier molecular flexibility index (Phi) is 4.52. The van der Waals surface area contributed by atoms with Gasteiger partial charge in [-0.25, -0.2) is 9.59 Å². The molecule has 1 N–H and O–H groups in total. The Morgan fingerprint density at radius 2 is 1.75 bits per heavy atom. The van der Waals surface area contributed by atoms with Crippen molar-refractivity contribution in [3.05, 3.63) is 0 Å². The molecule has 0 spiro atoms. The van der Waals surface area contributed by atoms with Crippen molar-refractivity contribution in [2.24, 2.45) is 17.8 Å². The van der Waals surface area contributed by atoms with Crippen LogP contribution < -0.4 is 0 Å². The van der Waals surface area contributed by atoms with E-state index in [2.05, 4.69) is 13.8 Å². The van der Waals surface area contributed by atoms with Crippen LogP contribution >= 0.6 is 11.8 Å². The molecular formula is C14H24N2O3S. The van der Waals surface area contributed by atoms with Crippen LogP contribution in [0.1, 0.15) is 27.7 Å². The molecule has 2 amide bonds. The number of likely N-dealkylation sites (tertiary alicyclic amines) is 1. The van der Waals surface area contributed by atoms with Gasteiger partial charge in [0.15, 0.2) is 0 Å². The average Bonchev–Trinajstić information content (AvgIpc) is 2.93. The Labute approximate surface area is 124 Å². The summed E-state index contributed by atoms with van der Waals surface area (Å²) in [5.74, 6) is 0.813. The molecule has 2 aliphatic rings. The third kappa shape index (κ3) is 2.75. The highest BCUT2D eigenvalue weighted by atomic mass is 32.2. The van der Waals surface area contributed by atoms with E-state index in [0.717, 1.165) is 13.1 Å². The van der Waals surface area contributed by atoms with Crippen molar-refractivity contribution in [1.29, 1.82) is 0 Å². The second-order valence-electron chi connectivity index (χ2n) is 6.37. The molecule has 0 aromatic carbocycles. The van der Waals surface area contributed by atoms with Crippen LogP contribution in [0.3, 0.4) is 0 Å². The van der Waals surface area contributed by atoms with E-state index in [-0.39, 0.29) is 17.3 Å². The molecule has 114 valence electrons. The van der Waals surface area contributed by atoms with E-state index in [1.807, 2.05) is 18.7 Å². The number of rotatable bonds is 2. The van der Waals surface area contributed by atoms with E-state index in [1.54, 1.807) is 16.7 Å². The summed E-state index contributed by atoms with van der Waals surface area (Å²) in [7, 11) is 0. The zero-order chi connectivity index (χ0) is 15.0. The fourth-order valence-corrected chi connectivity index (χ4v) is 4.39. The van der Waals surface area contributed by atoms with E-state index in [4.69, 9.17) is 0 Å². The summed E-state index contributed by atoms with van der Waals surface area (Å²) in [5, 5.41) is 9.32. The fourth-order valence-electron chi connectivity index (χ4n) is 2.92. The molecule has 4 unspecified atom stereocenters. The number of thioether (sulfide) groups is 1. The molecule has 2 saturated heterocycles. The van der Waals surface area contributed by atoms with Gasteiger partial charge in [0, 0.05) is 18.8 Å². The molecule has 20 heavy (non-hydrogen) atoms. The quantitative estimate of drug-likeness (QED) is 0.849. The summed E-state index contributed by atoms with van der Waals surface area (Å²) in [6.45, 7) is 9.84. The molecule has 4 atom stereocenters. The Morgan fingerprint density at radius 3 is 2.20 bits per heavy atom. The first-order valence-corrected chi connectivity index (χ1v) is 8.29. The van der Waals surface area contributed by atoms with Crippen molar-refractivity contribution in [2.45, 2.75) is 39.1 Å². The fraction of sp³-hybridized carbons (Fsp3) is 0.857. The molecule has 6 heteroatoms. The lowest BCUT2D eigenvalue weighted by molar-refractivity contribution is -0.141. The maximum Gasteiger partial charge on any atom is 0.327 e. The number of hydrogen-bond acceptors (Lipinski definition) is 3. The summed E-state index contributed by atoms with van der Waals surface area (Å²) in [6.07, 6.45) is 0. The van der Waals surface area contributed by atoms with Crippen LogP contribution in [-0.4, -0.2) is 57.2 Å². The number of carboxylic acid groups (broad SMARTS) is 1. The van der Waals surface area contributed by atoms with Gasteiger partial charge in [-0.05, 0) is 17.8 Å². The zero-order valence-electron chi connectivity index (χ0n) is 12.6. The van der Waals surface area contributed by atoms with Gasteiger partial charge < -0.3 is 10.0 Å². The Bertz CT molecular complexity index is 392. The first-order valence-electron chi connectivity index (χ1n) is 7.24. The lowest BCUT2D eigenvalue weighted by Gasteiger charge is -2.33. The van der Waals surface area contributed by atoms with Crippen molar-refractivity contribution in [3.63, 3.8) is 0 Å². The molecule has 0 saturated carbocycles. The van der Waals surface area contributed by atoms with E-state index < -0.39 is 12.0 Å². The second-order valence-corrected chi connectivity index (χ2v) is 7.52. The van der Waals surface area contributed by atoms with Gasteiger partial charge in [-0.1, -0.05) is 27.7 Å². The molecule has 2 heterocycles. The third-order valence-corrected chi connectivity index (χ3v) is 5.99. The van der Waals surface area contributed by atoms with Gasteiger partial charge in [0.25, 0.3) is 0 Å². The van der Waals surface area contributed by atoms with E-state index in [1.165, 1.54) is 0 Å². The van der Waals surface area contributed by atoms with Crippen molar-refractivity contribution >= 4 is 23.8 Å². The van der Waals surface area contributed by atoms with E-state index in [0.29, 0.717) is 17.6 Å². The number of carbonyl (C=O) groups is 2. The first kappa shape index (κ1) is 15.5. The Balaban J connectivity index is 2.17. The monoisotopic (exact) mass is 300 g/mol. The van der Waals surface area contributed by atoms with Gasteiger partial charge in [-0.3, -0.25) is 4.90 Å². The normalized spacial score (nSPS) is 34.0. The Hall–Kier alpha value is -0.910. The first-order chi connectivity index (χ1) is 9.32. The smallest absolute Gasteiger partial charge is 0.327 e. The van der Waals surface area contributed by atoms with Crippen molar-refractivity contribution in [1.82, 2.24) is 9.80 Å². The average molecular weight is 300 g/mol. The summed E-state index contributed by atoms with van der Waals surface area (Å²) in [4.78, 5) is 27.6. The molecular weight excluding hydrogens is 276 g/mol. The summed E-state index contributed by atoms with van der Waals surface area (Å²) < 4.78 is 0. The van der Waals surface area contributed by atoms with Crippen LogP contribution in [0.2, 0.25) is 0 Å². The summed E-state index contributed by atoms with van der Waals surface area (Å²) in [5.41, 5.74) is 0. The number of urea groups is 1. The molecule has 2 rings (SSSR count). The molecule has 2 fully saturated rings. The number of aliphatic carboxylic acids is 1. The number of amides is 2. The molecule has 0 aromatic rings. The highest BCUT2D eigenvalue weighted by Gasteiger charge is 2.45. The second kappa shape index (κ2) is 5.84. The maximum atomic E-state index is 12.7. The largest absolute Gasteiger partial charge is 0.480 e. The summed E-state index contributed by atoms with van der Waals surface area (Å²) in [6, 6.07) is -0.789. The highest BCUT2D eigenvalue weighted by Crippen LogP contribution is 2.36. The standard InChI is InChI=1S/C14H24N2O3S/c1-8(2)12-16(11(7-20-12)13(17)18)14(19)15-5-9(3)10(4)6-15/h8-12H,5-7H2,1-4H3,(H,17,18). The molecule has 0 aliphatic carbocycles. The van der Waals surface area contributed by atoms with Crippen LogP contribution in [-0.2, 0) is 4.79 Å². The molecule has 2 aliphatic heterocycles. The minimum atomic E-state index is -0.894. The predicted octanol–water partition coefficient (Wildman–Crippen LogP) is 2.18. The van der Waals surface area contributed by atoms with Crippen LogP contribution in [0.5, 0.6) is 0 Å². The van der Waals surface area contributed by atoms with Gasteiger partial charge in [0.2, 0.25) is 0 Å². The topological polar surface area (TPSA) is 60.9 Å². The molecule has 0 bridgehead atoms. The number of carbonyl (C=O) groups excluding carboxylic acids is 1. The van der Waals surface area contributed by atoms with Crippen LogP contribution in [0.25, 0.3) is 0 Å². The van der Waals surface area contributed by atoms with Crippen LogP contribution in [0.4, 0.5) is 4.79 Å². The van der Waals surface area contributed by atoms with Gasteiger partial charge in [0.1, 0.15) is 6.04 Å². The lowest BCUT2D eigenvalue weighted by atomic mass is 10.0. The lowest BCUT2D eigenvalue weighted by Crippen LogP contribution is -2.52. The number of carboxylic acids is 1. The molecule has 0 radical (unpaired) electrons. The Morgan fingerprint density at radius 1 is 1.20 bits per heavy atom. The van der Waals surface area contributed by atoms with Crippen molar-refractivity contribution in [3.8, 4) is 0 Å².